The van der Waals surface area contributed by atoms with Crippen molar-refractivity contribution in [3.05, 3.63) is 24.3 Å². The van der Waals surface area contributed by atoms with Crippen LogP contribution in [-0.4, -0.2) is 70.5 Å². The van der Waals surface area contributed by atoms with Crippen molar-refractivity contribution >= 4 is 11.8 Å². The Labute approximate surface area is 116 Å². The normalized spacial score (nSPS) is 25.1. The molecule has 0 N–H and O–H groups in total. The zero-order valence-electron chi connectivity index (χ0n) is 11.2. The number of rotatable bonds is 3. The molecule has 2 aliphatic heterocycles. The second-order valence-electron chi connectivity index (χ2n) is 5.08. The van der Waals surface area contributed by atoms with Gasteiger partial charge in [-0.25, -0.2) is 4.98 Å². The summed E-state index contributed by atoms with van der Waals surface area (Å²) in [5.74, 6) is -0.256. The summed E-state index contributed by atoms with van der Waals surface area (Å²) < 4.78 is 5.09. The summed E-state index contributed by atoms with van der Waals surface area (Å²) in [6.45, 7) is 1.22. The quantitative estimate of drug-likeness (QED) is 0.747. The summed E-state index contributed by atoms with van der Waals surface area (Å²) in [4.78, 5) is 35.6. The van der Waals surface area contributed by atoms with Crippen molar-refractivity contribution in [2.24, 2.45) is 0 Å². The molecule has 20 heavy (non-hydrogen) atoms. The molecule has 3 heterocycles. The van der Waals surface area contributed by atoms with Crippen molar-refractivity contribution in [2.45, 2.75) is 18.5 Å². The number of nitrogens with zero attached hydrogens (tertiary/aromatic N) is 4. The Balaban J connectivity index is 1.68. The largest absolute Gasteiger partial charge is 0.383 e. The van der Waals surface area contributed by atoms with Gasteiger partial charge < -0.3 is 14.5 Å². The van der Waals surface area contributed by atoms with E-state index in [4.69, 9.17) is 4.74 Å². The summed E-state index contributed by atoms with van der Waals surface area (Å²) in [6.07, 6.45) is 5.29. The van der Waals surface area contributed by atoms with Crippen LogP contribution in [0.15, 0.2) is 18.6 Å². The molecule has 2 fully saturated rings. The topological polar surface area (TPSA) is 75.6 Å². The molecule has 0 saturated carbocycles. The van der Waals surface area contributed by atoms with Crippen molar-refractivity contribution in [2.75, 3.05) is 26.8 Å². The lowest BCUT2D eigenvalue weighted by Gasteiger charge is -2.53. The van der Waals surface area contributed by atoms with Gasteiger partial charge in [0.15, 0.2) is 0 Å². The van der Waals surface area contributed by atoms with E-state index in [1.807, 2.05) is 4.90 Å². The molecule has 106 valence electrons. The van der Waals surface area contributed by atoms with E-state index in [-0.39, 0.29) is 36.1 Å². The maximum atomic E-state index is 12.3. The van der Waals surface area contributed by atoms with Crippen LogP contribution in [0.3, 0.4) is 0 Å². The summed E-state index contributed by atoms with van der Waals surface area (Å²) in [7, 11) is 1.63. The fourth-order valence-corrected chi connectivity index (χ4v) is 2.90. The number of aromatic nitrogens is 2. The molecule has 2 aliphatic rings. The number of piperazine rings is 1. The first-order valence-corrected chi connectivity index (χ1v) is 6.56. The molecule has 0 radical (unpaired) electrons. The maximum absolute atomic E-state index is 12.3. The van der Waals surface area contributed by atoms with Crippen LogP contribution in [0.25, 0.3) is 0 Å². The monoisotopic (exact) mass is 276 g/mol. The van der Waals surface area contributed by atoms with E-state index in [1.54, 1.807) is 12.0 Å². The van der Waals surface area contributed by atoms with Crippen molar-refractivity contribution in [1.82, 2.24) is 19.8 Å². The molecular weight excluding hydrogens is 260 g/mol. The summed E-state index contributed by atoms with van der Waals surface area (Å²) in [5.41, 5.74) is 0.279. The van der Waals surface area contributed by atoms with Crippen LogP contribution < -0.4 is 0 Å². The Hall–Kier alpha value is -2.02. The minimum atomic E-state index is -0.235. The van der Waals surface area contributed by atoms with E-state index >= 15 is 0 Å². The van der Waals surface area contributed by atoms with Gasteiger partial charge in [0, 0.05) is 26.0 Å². The zero-order valence-corrected chi connectivity index (χ0v) is 11.2. The number of methoxy groups -OCH3 is 1. The number of carbonyl (C=O) groups excluding carboxylic acids is 2. The van der Waals surface area contributed by atoms with Crippen LogP contribution in [0.2, 0.25) is 0 Å². The number of ether oxygens (including phenoxy) is 1. The van der Waals surface area contributed by atoms with Crippen LogP contribution in [-0.2, 0) is 9.53 Å². The molecule has 2 saturated heterocycles. The molecule has 2 atom stereocenters. The number of hydrogen-bond donors (Lipinski definition) is 0. The molecule has 0 aliphatic carbocycles. The van der Waals surface area contributed by atoms with E-state index in [2.05, 4.69) is 9.97 Å². The molecule has 0 aromatic carbocycles. The van der Waals surface area contributed by atoms with E-state index in [0.717, 1.165) is 6.42 Å². The lowest BCUT2D eigenvalue weighted by atomic mass is 9.90. The molecule has 7 heteroatoms. The average Bonchev–Trinajstić information content (AvgIpc) is 2.44. The highest BCUT2D eigenvalue weighted by Gasteiger charge is 2.46. The van der Waals surface area contributed by atoms with Gasteiger partial charge in [-0.05, 0) is 6.42 Å². The minimum Gasteiger partial charge on any atom is -0.383 e. The van der Waals surface area contributed by atoms with E-state index in [9.17, 15) is 9.59 Å². The van der Waals surface area contributed by atoms with Crippen molar-refractivity contribution in [3.63, 3.8) is 0 Å². The highest BCUT2D eigenvalue weighted by Crippen LogP contribution is 2.30. The SMILES string of the molecule is COC[C@@H]1C[C@@H]2CN(C(=O)c3cnccn3)CC(=O)N12. The van der Waals surface area contributed by atoms with Crippen LogP contribution in [0, 0.1) is 0 Å². The molecule has 0 unspecified atom stereocenters. The van der Waals surface area contributed by atoms with Gasteiger partial charge in [0.05, 0.1) is 24.9 Å². The molecular formula is C13H16N4O3. The van der Waals surface area contributed by atoms with E-state index in [0.29, 0.717) is 13.2 Å². The molecule has 3 rings (SSSR count). The smallest absolute Gasteiger partial charge is 0.274 e. The lowest BCUT2D eigenvalue weighted by Crippen LogP contribution is -2.69. The molecule has 7 nitrogen and oxygen atoms in total. The van der Waals surface area contributed by atoms with Crippen LogP contribution >= 0.6 is 0 Å². The van der Waals surface area contributed by atoms with Gasteiger partial charge in [0.25, 0.3) is 5.91 Å². The summed E-state index contributed by atoms with van der Waals surface area (Å²) in [6, 6.07) is 0.267. The average molecular weight is 276 g/mol. The third-order valence-electron chi connectivity index (χ3n) is 3.80. The summed E-state index contributed by atoms with van der Waals surface area (Å²) in [5, 5.41) is 0. The third-order valence-corrected chi connectivity index (χ3v) is 3.80. The van der Waals surface area contributed by atoms with Gasteiger partial charge in [-0.3, -0.25) is 14.6 Å². The number of hydrogen-bond acceptors (Lipinski definition) is 5. The predicted octanol–water partition coefficient (Wildman–Crippen LogP) is -0.452. The van der Waals surface area contributed by atoms with E-state index in [1.165, 1.54) is 18.6 Å². The fourth-order valence-electron chi connectivity index (χ4n) is 2.90. The molecule has 1 aromatic heterocycles. The van der Waals surface area contributed by atoms with Gasteiger partial charge in [-0.15, -0.1) is 0 Å². The van der Waals surface area contributed by atoms with Crippen LogP contribution in [0.4, 0.5) is 0 Å². The van der Waals surface area contributed by atoms with Gasteiger partial charge in [-0.2, -0.15) is 0 Å². The Morgan fingerprint density at radius 2 is 2.35 bits per heavy atom. The Morgan fingerprint density at radius 1 is 1.50 bits per heavy atom. The first-order valence-electron chi connectivity index (χ1n) is 6.56. The van der Waals surface area contributed by atoms with Crippen LogP contribution in [0.1, 0.15) is 16.9 Å². The third kappa shape index (κ3) is 2.14. The molecule has 1 aromatic rings. The Morgan fingerprint density at radius 3 is 3.00 bits per heavy atom. The Bertz CT molecular complexity index is 522. The van der Waals surface area contributed by atoms with Gasteiger partial charge >= 0.3 is 0 Å². The zero-order chi connectivity index (χ0) is 14.1. The van der Waals surface area contributed by atoms with E-state index < -0.39 is 0 Å². The van der Waals surface area contributed by atoms with Gasteiger partial charge in [0.1, 0.15) is 12.2 Å². The molecule has 2 amide bonds. The highest BCUT2D eigenvalue weighted by molar-refractivity contribution is 5.95. The minimum absolute atomic E-state index is 0.0215. The number of amides is 2. The lowest BCUT2D eigenvalue weighted by molar-refractivity contribution is -0.156. The number of fused-ring (bicyclic) bond motifs is 1. The second kappa shape index (κ2) is 5.16. The van der Waals surface area contributed by atoms with Gasteiger partial charge in [-0.1, -0.05) is 0 Å². The Kier molecular flexibility index (Phi) is 3.35. The van der Waals surface area contributed by atoms with Crippen molar-refractivity contribution in [3.8, 4) is 0 Å². The maximum Gasteiger partial charge on any atom is 0.274 e. The molecule has 0 spiro atoms. The van der Waals surface area contributed by atoms with Gasteiger partial charge in [0.2, 0.25) is 5.91 Å². The number of carbonyl (C=O) groups is 2. The standard InChI is InChI=1S/C13H16N4O3/c1-20-8-10-4-9-6-16(7-12(18)17(9)10)13(19)11-5-14-2-3-15-11/h2-3,5,9-10H,4,6-8H2,1H3/t9-,10+/m1/s1. The summed E-state index contributed by atoms with van der Waals surface area (Å²) >= 11 is 0. The fraction of sp³-hybridized carbons (Fsp3) is 0.538. The molecule has 0 bridgehead atoms. The second-order valence-corrected chi connectivity index (χ2v) is 5.08. The van der Waals surface area contributed by atoms with Crippen LogP contribution in [0.5, 0.6) is 0 Å². The first kappa shape index (κ1) is 13.0. The first-order chi connectivity index (χ1) is 9.70. The highest BCUT2D eigenvalue weighted by atomic mass is 16.5. The van der Waals surface area contributed by atoms with Crippen molar-refractivity contribution in [1.29, 1.82) is 0 Å². The predicted molar refractivity (Wildman–Crippen MR) is 68.9 cm³/mol. The van der Waals surface area contributed by atoms with Crippen molar-refractivity contribution < 1.29 is 14.3 Å².